The number of hydrogen-bond donors (Lipinski definition) is 2. The highest BCUT2D eigenvalue weighted by molar-refractivity contribution is 7.89. The van der Waals surface area contributed by atoms with Gasteiger partial charge in [0.25, 0.3) is 0 Å². The van der Waals surface area contributed by atoms with Crippen LogP contribution in [-0.2, 0) is 16.2 Å². The van der Waals surface area contributed by atoms with Crippen LogP contribution >= 0.6 is 0 Å². The average molecular weight is 325 g/mol. The highest BCUT2D eigenvalue weighted by Gasteiger charge is 2.37. The van der Waals surface area contributed by atoms with Gasteiger partial charge < -0.3 is 5.11 Å². The predicted molar refractivity (Wildman–Crippen MR) is 72.1 cm³/mol. The van der Waals surface area contributed by atoms with Crippen LogP contribution in [0.5, 0.6) is 0 Å². The third-order valence-electron chi connectivity index (χ3n) is 3.01. The minimum atomic E-state index is -4.74. The Bertz CT molecular complexity index is 583. The molecule has 0 radical (unpaired) electrons. The van der Waals surface area contributed by atoms with Crippen LogP contribution in [0.25, 0.3) is 0 Å². The maximum atomic E-state index is 12.8. The number of alkyl halides is 3. The third-order valence-corrected chi connectivity index (χ3v) is 4.47. The summed E-state index contributed by atoms with van der Waals surface area (Å²) in [5, 5.41) is 8.87. The average Bonchev–Trinajstić information content (AvgIpc) is 2.36. The molecular weight excluding hydrogens is 307 g/mol. The summed E-state index contributed by atoms with van der Waals surface area (Å²) in [6.45, 7) is 3.22. The Morgan fingerprint density at radius 2 is 1.76 bits per heavy atom. The Morgan fingerprint density at radius 1 is 1.19 bits per heavy atom. The van der Waals surface area contributed by atoms with Crippen molar-refractivity contribution >= 4 is 10.0 Å². The van der Waals surface area contributed by atoms with Crippen molar-refractivity contribution in [2.24, 2.45) is 5.41 Å². The largest absolute Gasteiger partial charge is 0.417 e. The molecule has 0 spiro atoms. The van der Waals surface area contributed by atoms with Crippen molar-refractivity contribution in [1.29, 1.82) is 0 Å². The third kappa shape index (κ3) is 4.98. The van der Waals surface area contributed by atoms with Crippen molar-refractivity contribution in [3.63, 3.8) is 0 Å². The van der Waals surface area contributed by atoms with Gasteiger partial charge in [0.05, 0.1) is 10.5 Å². The molecule has 0 atom stereocenters. The van der Waals surface area contributed by atoms with Gasteiger partial charge in [0.1, 0.15) is 0 Å². The van der Waals surface area contributed by atoms with Gasteiger partial charge in [-0.05, 0) is 24.0 Å². The van der Waals surface area contributed by atoms with E-state index >= 15 is 0 Å². The van der Waals surface area contributed by atoms with Gasteiger partial charge in [0, 0.05) is 13.2 Å². The lowest BCUT2D eigenvalue weighted by Crippen LogP contribution is -2.35. The molecule has 1 aromatic carbocycles. The maximum Gasteiger partial charge on any atom is 0.417 e. The predicted octanol–water partition coefficient (Wildman–Crippen LogP) is 2.39. The van der Waals surface area contributed by atoms with Crippen molar-refractivity contribution in [2.45, 2.75) is 31.3 Å². The van der Waals surface area contributed by atoms with Crippen LogP contribution in [0.1, 0.15) is 25.8 Å². The van der Waals surface area contributed by atoms with E-state index in [1.807, 2.05) is 0 Å². The Balaban J connectivity index is 3.05. The Labute approximate surface area is 122 Å². The fraction of sp³-hybridized carbons (Fsp3) is 0.538. The van der Waals surface area contributed by atoms with Crippen molar-refractivity contribution in [1.82, 2.24) is 4.72 Å². The molecule has 1 rings (SSSR count). The van der Waals surface area contributed by atoms with Crippen LogP contribution in [0.3, 0.4) is 0 Å². The molecule has 0 aliphatic rings. The monoisotopic (exact) mass is 325 g/mol. The quantitative estimate of drug-likeness (QED) is 0.844. The van der Waals surface area contributed by atoms with E-state index in [9.17, 15) is 21.6 Å². The molecule has 0 bridgehead atoms. The lowest BCUT2D eigenvalue weighted by molar-refractivity contribution is -0.139. The first-order valence-electron chi connectivity index (χ1n) is 6.26. The Morgan fingerprint density at radius 3 is 2.29 bits per heavy atom. The maximum absolute atomic E-state index is 12.8. The fourth-order valence-corrected chi connectivity index (χ4v) is 3.16. The second kappa shape index (κ2) is 6.33. The van der Waals surface area contributed by atoms with Crippen LogP contribution in [0.15, 0.2) is 29.2 Å². The van der Waals surface area contributed by atoms with Gasteiger partial charge >= 0.3 is 6.18 Å². The number of aliphatic hydroxyl groups is 1. The molecule has 0 aliphatic heterocycles. The lowest BCUT2D eigenvalue weighted by atomic mass is 9.90. The second-order valence-electron chi connectivity index (χ2n) is 5.46. The summed E-state index contributed by atoms with van der Waals surface area (Å²) in [4.78, 5) is -0.794. The number of rotatable bonds is 6. The van der Waals surface area contributed by atoms with E-state index in [1.165, 1.54) is 6.07 Å². The normalized spacial score (nSPS) is 13.4. The van der Waals surface area contributed by atoms with E-state index in [1.54, 1.807) is 13.8 Å². The summed E-state index contributed by atoms with van der Waals surface area (Å²) in [5.74, 6) is 0. The molecule has 0 saturated heterocycles. The SMILES string of the molecule is CC(C)(CCO)CNS(=O)(=O)c1ccccc1C(F)(F)F. The number of halogens is 3. The molecule has 0 aromatic heterocycles. The topological polar surface area (TPSA) is 66.4 Å². The number of sulfonamides is 1. The first-order chi connectivity index (χ1) is 9.49. The Kier molecular flexibility index (Phi) is 5.40. The summed E-state index contributed by atoms with van der Waals surface area (Å²) in [6, 6.07) is 4.03. The standard InChI is InChI=1S/C13H18F3NO3S/c1-12(2,7-8-18)9-17-21(19,20)11-6-4-3-5-10(11)13(14,15)16/h3-6,17-18H,7-9H2,1-2H3. The molecule has 0 saturated carbocycles. The molecule has 2 N–H and O–H groups in total. The van der Waals surface area contributed by atoms with Gasteiger partial charge in [-0.2, -0.15) is 13.2 Å². The first-order valence-corrected chi connectivity index (χ1v) is 7.75. The van der Waals surface area contributed by atoms with Gasteiger partial charge in [-0.15, -0.1) is 0 Å². The first kappa shape index (κ1) is 17.9. The van der Waals surface area contributed by atoms with Crippen LogP contribution < -0.4 is 4.72 Å². The number of nitrogens with one attached hydrogen (secondary N) is 1. The fourth-order valence-electron chi connectivity index (χ4n) is 1.69. The van der Waals surface area contributed by atoms with Crippen LogP contribution in [0.4, 0.5) is 13.2 Å². The molecule has 1 aromatic rings. The molecule has 0 amide bonds. The van der Waals surface area contributed by atoms with Crippen LogP contribution in [0.2, 0.25) is 0 Å². The van der Waals surface area contributed by atoms with Crippen molar-refractivity contribution < 1.29 is 26.7 Å². The van der Waals surface area contributed by atoms with Crippen LogP contribution in [-0.4, -0.2) is 26.7 Å². The van der Waals surface area contributed by atoms with E-state index in [0.29, 0.717) is 6.42 Å². The molecule has 0 fully saturated rings. The molecular formula is C13H18F3NO3S. The van der Waals surface area contributed by atoms with E-state index in [-0.39, 0.29) is 13.2 Å². The number of benzene rings is 1. The van der Waals surface area contributed by atoms with Gasteiger partial charge in [0.2, 0.25) is 10.0 Å². The zero-order valence-electron chi connectivity index (χ0n) is 11.7. The highest BCUT2D eigenvalue weighted by atomic mass is 32.2. The van der Waals surface area contributed by atoms with E-state index in [2.05, 4.69) is 4.72 Å². The second-order valence-corrected chi connectivity index (χ2v) is 7.19. The van der Waals surface area contributed by atoms with Gasteiger partial charge in [-0.3, -0.25) is 0 Å². The minimum Gasteiger partial charge on any atom is -0.396 e. The summed E-state index contributed by atoms with van der Waals surface area (Å²) >= 11 is 0. The van der Waals surface area contributed by atoms with E-state index in [0.717, 1.165) is 18.2 Å². The van der Waals surface area contributed by atoms with Crippen molar-refractivity contribution in [2.75, 3.05) is 13.2 Å². The van der Waals surface area contributed by atoms with Gasteiger partial charge in [0.15, 0.2) is 0 Å². The molecule has 0 heterocycles. The molecule has 0 aliphatic carbocycles. The number of hydrogen-bond acceptors (Lipinski definition) is 3. The summed E-state index contributed by atoms with van der Waals surface area (Å²) in [7, 11) is -4.28. The molecule has 120 valence electrons. The van der Waals surface area contributed by atoms with Crippen LogP contribution in [0, 0.1) is 5.41 Å². The van der Waals surface area contributed by atoms with E-state index < -0.39 is 32.1 Å². The summed E-state index contributed by atoms with van der Waals surface area (Å²) in [6.07, 6.45) is -4.41. The highest BCUT2D eigenvalue weighted by Crippen LogP contribution is 2.34. The summed E-state index contributed by atoms with van der Waals surface area (Å²) in [5.41, 5.74) is -1.76. The lowest BCUT2D eigenvalue weighted by Gasteiger charge is -2.24. The number of aliphatic hydroxyl groups excluding tert-OH is 1. The van der Waals surface area contributed by atoms with Gasteiger partial charge in [-0.1, -0.05) is 26.0 Å². The zero-order valence-corrected chi connectivity index (χ0v) is 12.6. The van der Waals surface area contributed by atoms with Crippen molar-refractivity contribution in [3.8, 4) is 0 Å². The smallest absolute Gasteiger partial charge is 0.396 e. The summed E-state index contributed by atoms with van der Waals surface area (Å²) < 4.78 is 64.9. The molecule has 21 heavy (non-hydrogen) atoms. The Hall–Kier alpha value is -1.12. The molecule has 4 nitrogen and oxygen atoms in total. The minimum absolute atomic E-state index is 0.0674. The van der Waals surface area contributed by atoms with Crippen molar-refractivity contribution in [3.05, 3.63) is 29.8 Å². The van der Waals surface area contributed by atoms with E-state index in [4.69, 9.17) is 5.11 Å². The van der Waals surface area contributed by atoms with Gasteiger partial charge in [-0.25, -0.2) is 13.1 Å². The molecule has 8 heteroatoms. The molecule has 0 unspecified atom stereocenters. The zero-order chi connectivity index (χ0) is 16.3.